The summed E-state index contributed by atoms with van der Waals surface area (Å²) in [5, 5.41) is 3.01. The normalized spacial score (nSPS) is 15.8. The average Bonchev–Trinajstić information content (AvgIpc) is 2.72. The third-order valence-electron chi connectivity index (χ3n) is 5.12. The van der Waals surface area contributed by atoms with Gasteiger partial charge in [-0.05, 0) is 61.6 Å². The number of carbonyl (C=O) groups is 1. The van der Waals surface area contributed by atoms with E-state index in [0.29, 0.717) is 18.0 Å². The van der Waals surface area contributed by atoms with Gasteiger partial charge in [-0.1, -0.05) is 18.2 Å². The molecule has 1 aliphatic rings. The van der Waals surface area contributed by atoms with E-state index in [9.17, 15) is 13.2 Å². The molecule has 1 aliphatic carbocycles. The lowest BCUT2D eigenvalue weighted by Crippen LogP contribution is -2.42. The van der Waals surface area contributed by atoms with Crippen molar-refractivity contribution in [1.29, 1.82) is 0 Å². The first-order valence-corrected chi connectivity index (χ1v) is 11.8. The van der Waals surface area contributed by atoms with E-state index < -0.39 is 10.0 Å². The van der Waals surface area contributed by atoms with Gasteiger partial charge >= 0.3 is 0 Å². The summed E-state index contributed by atoms with van der Waals surface area (Å²) in [5.41, 5.74) is 2.55. The molecule has 1 atom stereocenters. The smallest absolute Gasteiger partial charge is 0.241 e. The lowest BCUT2D eigenvalue weighted by molar-refractivity contribution is -0.120. The summed E-state index contributed by atoms with van der Waals surface area (Å²) in [6, 6.07) is 12.5. The molecule has 3 rings (SSSR count). The highest BCUT2D eigenvalue weighted by atomic mass is 32.2. The van der Waals surface area contributed by atoms with Gasteiger partial charge in [-0.15, -0.1) is 0 Å². The molecular weight excluding hydrogens is 404 g/mol. The Morgan fingerprint density at radius 1 is 1.23 bits per heavy atom. The van der Waals surface area contributed by atoms with E-state index in [1.165, 1.54) is 0 Å². The van der Waals surface area contributed by atoms with Crippen LogP contribution >= 0.6 is 0 Å². The Morgan fingerprint density at radius 2 is 2.00 bits per heavy atom. The minimum Gasteiger partial charge on any atom is -0.497 e. The number of nitrogens with zero attached hydrogens (tertiary/aromatic N) is 1. The van der Waals surface area contributed by atoms with Crippen LogP contribution < -0.4 is 19.1 Å². The zero-order chi connectivity index (χ0) is 21.7. The molecular formula is C22H28N2O5S. The van der Waals surface area contributed by atoms with E-state index in [1.54, 1.807) is 31.4 Å². The number of aryl methyl sites for hydroxylation is 1. The maximum atomic E-state index is 12.9. The molecule has 30 heavy (non-hydrogen) atoms. The van der Waals surface area contributed by atoms with Gasteiger partial charge in [0.2, 0.25) is 15.9 Å². The second-order valence-corrected chi connectivity index (χ2v) is 9.15. The summed E-state index contributed by atoms with van der Waals surface area (Å²) in [6.07, 6.45) is 3.76. The van der Waals surface area contributed by atoms with Crippen molar-refractivity contribution in [3.05, 3.63) is 53.6 Å². The summed E-state index contributed by atoms with van der Waals surface area (Å²) in [7, 11) is -2.06. The fraction of sp³-hybridized carbons (Fsp3) is 0.409. The highest BCUT2D eigenvalue weighted by Crippen LogP contribution is 2.33. The molecule has 2 aromatic rings. The first kappa shape index (κ1) is 22.0. The third kappa shape index (κ3) is 5.05. The van der Waals surface area contributed by atoms with Crippen molar-refractivity contribution in [1.82, 2.24) is 5.32 Å². The van der Waals surface area contributed by atoms with Crippen molar-refractivity contribution in [2.75, 3.05) is 30.8 Å². The number of rotatable bonds is 8. The Hall–Kier alpha value is -2.74. The molecule has 1 N–H and O–H groups in total. The number of fused-ring (bicyclic) bond motifs is 1. The number of para-hydroxylation sites is 2. The maximum absolute atomic E-state index is 12.9. The van der Waals surface area contributed by atoms with Gasteiger partial charge in [-0.3, -0.25) is 9.10 Å². The molecule has 0 saturated carbocycles. The fourth-order valence-corrected chi connectivity index (χ4v) is 4.62. The number of hydrogen-bond donors (Lipinski definition) is 1. The highest BCUT2D eigenvalue weighted by Gasteiger charge is 2.27. The summed E-state index contributed by atoms with van der Waals surface area (Å²) in [6.45, 7) is 1.90. The summed E-state index contributed by atoms with van der Waals surface area (Å²) in [5.74, 6) is 0.852. The molecule has 0 bridgehead atoms. The number of amides is 1. The van der Waals surface area contributed by atoms with Crippen molar-refractivity contribution >= 4 is 21.6 Å². The Kier molecular flexibility index (Phi) is 6.87. The standard InChI is InChI=1S/C22H28N2O5S/c1-4-29-21-11-6-5-10-20(21)24(30(3,26)27)15-22(25)23-19-9-7-8-16-14-17(28-2)12-13-18(16)19/h5-6,10-14,19H,4,7-9,15H2,1-3H3,(H,23,25). The van der Waals surface area contributed by atoms with E-state index in [2.05, 4.69) is 5.32 Å². The number of carbonyl (C=O) groups excluding carboxylic acids is 1. The Morgan fingerprint density at radius 3 is 2.70 bits per heavy atom. The number of nitrogens with one attached hydrogen (secondary N) is 1. The van der Waals surface area contributed by atoms with Crippen LogP contribution in [-0.4, -0.2) is 40.8 Å². The van der Waals surface area contributed by atoms with Gasteiger partial charge < -0.3 is 14.8 Å². The van der Waals surface area contributed by atoms with Crippen molar-refractivity contribution in [2.24, 2.45) is 0 Å². The zero-order valence-electron chi connectivity index (χ0n) is 17.6. The molecule has 0 fully saturated rings. The SMILES string of the molecule is CCOc1ccccc1N(CC(=O)NC1CCCc2cc(OC)ccc21)S(C)(=O)=O. The van der Waals surface area contributed by atoms with Crippen LogP contribution in [0.3, 0.4) is 0 Å². The lowest BCUT2D eigenvalue weighted by atomic mass is 9.87. The van der Waals surface area contributed by atoms with Crippen LogP contribution in [-0.2, 0) is 21.2 Å². The average molecular weight is 433 g/mol. The largest absolute Gasteiger partial charge is 0.497 e. The van der Waals surface area contributed by atoms with Crippen LogP contribution in [0.5, 0.6) is 11.5 Å². The van der Waals surface area contributed by atoms with Crippen LogP contribution in [0.2, 0.25) is 0 Å². The van der Waals surface area contributed by atoms with Gasteiger partial charge in [0.05, 0.1) is 31.7 Å². The quantitative estimate of drug-likeness (QED) is 0.693. The lowest BCUT2D eigenvalue weighted by Gasteiger charge is -2.29. The first-order valence-electron chi connectivity index (χ1n) is 9.99. The molecule has 1 unspecified atom stereocenters. The molecule has 7 nitrogen and oxygen atoms in total. The number of methoxy groups -OCH3 is 1. The molecule has 1 amide bonds. The third-order valence-corrected chi connectivity index (χ3v) is 6.25. The van der Waals surface area contributed by atoms with Gasteiger partial charge in [-0.2, -0.15) is 0 Å². The Bertz CT molecular complexity index is 1010. The molecule has 2 aromatic carbocycles. The van der Waals surface area contributed by atoms with Gasteiger partial charge in [0, 0.05) is 0 Å². The van der Waals surface area contributed by atoms with E-state index in [-0.39, 0.29) is 18.5 Å². The van der Waals surface area contributed by atoms with Crippen molar-refractivity contribution in [2.45, 2.75) is 32.2 Å². The topological polar surface area (TPSA) is 84.9 Å². The molecule has 0 aliphatic heterocycles. The van der Waals surface area contributed by atoms with E-state index in [1.807, 2.05) is 25.1 Å². The Balaban J connectivity index is 1.81. The molecule has 162 valence electrons. The minimum absolute atomic E-state index is 0.157. The van der Waals surface area contributed by atoms with Crippen LogP contribution in [0.4, 0.5) is 5.69 Å². The van der Waals surface area contributed by atoms with E-state index >= 15 is 0 Å². The number of sulfonamides is 1. The number of benzene rings is 2. The van der Waals surface area contributed by atoms with Crippen molar-refractivity contribution in [3.63, 3.8) is 0 Å². The van der Waals surface area contributed by atoms with Crippen molar-refractivity contribution in [3.8, 4) is 11.5 Å². The molecule has 0 radical (unpaired) electrons. The molecule has 8 heteroatoms. The summed E-state index contributed by atoms with van der Waals surface area (Å²) >= 11 is 0. The highest BCUT2D eigenvalue weighted by molar-refractivity contribution is 7.92. The van der Waals surface area contributed by atoms with Gasteiger partial charge in [0.25, 0.3) is 0 Å². The maximum Gasteiger partial charge on any atom is 0.241 e. The van der Waals surface area contributed by atoms with Gasteiger partial charge in [-0.25, -0.2) is 8.42 Å². The first-order chi connectivity index (χ1) is 14.3. The van der Waals surface area contributed by atoms with Crippen LogP contribution in [0.1, 0.15) is 36.9 Å². The summed E-state index contributed by atoms with van der Waals surface area (Å²) < 4.78 is 36.9. The second kappa shape index (κ2) is 9.38. The van der Waals surface area contributed by atoms with Crippen LogP contribution in [0, 0.1) is 0 Å². The molecule has 0 saturated heterocycles. The zero-order valence-corrected chi connectivity index (χ0v) is 18.4. The van der Waals surface area contributed by atoms with Gasteiger partial charge in [0.15, 0.2) is 0 Å². The number of ether oxygens (including phenoxy) is 2. The molecule has 0 heterocycles. The van der Waals surface area contributed by atoms with E-state index in [4.69, 9.17) is 9.47 Å². The van der Waals surface area contributed by atoms with Crippen LogP contribution in [0.15, 0.2) is 42.5 Å². The van der Waals surface area contributed by atoms with E-state index in [0.717, 1.165) is 46.7 Å². The predicted molar refractivity (Wildman–Crippen MR) is 117 cm³/mol. The minimum atomic E-state index is -3.69. The second-order valence-electron chi connectivity index (χ2n) is 7.25. The predicted octanol–water partition coefficient (Wildman–Crippen LogP) is 3.05. The summed E-state index contributed by atoms with van der Waals surface area (Å²) in [4.78, 5) is 12.9. The molecule has 0 aromatic heterocycles. The number of hydrogen-bond acceptors (Lipinski definition) is 5. The fourth-order valence-electron chi connectivity index (χ4n) is 3.76. The monoisotopic (exact) mass is 432 g/mol. The van der Waals surface area contributed by atoms with Crippen molar-refractivity contribution < 1.29 is 22.7 Å². The number of anilines is 1. The Labute approximate surface area is 178 Å². The molecule has 0 spiro atoms. The van der Waals surface area contributed by atoms with Crippen LogP contribution in [0.25, 0.3) is 0 Å². The van der Waals surface area contributed by atoms with Gasteiger partial charge in [0.1, 0.15) is 18.0 Å².